The van der Waals surface area contributed by atoms with Gasteiger partial charge in [-0.1, -0.05) is 76.2 Å². The van der Waals surface area contributed by atoms with Crippen LogP contribution < -0.4 is 20.7 Å². The fraction of sp³-hybridized carbons (Fsp3) is 0.357. The Bertz CT molecular complexity index is 2340. The molecule has 5 aromatic rings. The first-order valence-corrected chi connectivity index (χ1v) is 18.4. The van der Waals surface area contributed by atoms with Gasteiger partial charge in [-0.05, 0) is 54.0 Å². The first-order valence-electron chi connectivity index (χ1n) is 18.4. The van der Waals surface area contributed by atoms with Crippen molar-refractivity contribution in [2.24, 2.45) is 17.8 Å². The van der Waals surface area contributed by atoms with Gasteiger partial charge in [-0.3, -0.25) is 19.2 Å². The number of nitrogens with zero attached hydrogens (tertiary/aromatic N) is 1. The summed E-state index contributed by atoms with van der Waals surface area (Å²) in [5.74, 6) is -2.22. The van der Waals surface area contributed by atoms with Crippen LogP contribution in [-0.4, -0.2) is 57.3 Å². The van der Waals surface area contributed by atoms with Gasteiger partial charge >= 0.3 is 0 Å². The number of fused-ring (bicyclic) bond motifs is 5. The second-order valence-corrected chi connectivity index (χ2v) is 15.4. The molecule has 5 heterocycles. The highest BCUT2D eigenvalue weighted by Crippen LogP contribution is 2.58. The van der Waals surface area contributed by atoms with E-state index in [-0.39, 0.29) is 54.4 Å². The Balaban J connectivity index is 1.25. The van der Waals surface area contributed by atoms with Crippen molar-refractivity contribution in [2.75, 3.05) is 11.9 Å². The van der Waals surface area contributed by atoms with E-state index in [1.165, 1.54) is 0 Å². The van der Waals surface area contributed by atoms with E-state index in [0.717, 1.165) is 33.3 Å². The number of aliphatic hydroxyl groups excluding tert-OH is 1. The second-order valence-electron chi connectivity index (χ2n) is 15.4. The third kappa shape index (κ3) is 5.58. The zero-order valence-corrected chi connectivity index (χ0v) is 30.8. The van der Waals surface area contributed by atoms with Crippen molar-refractivity contribution in [1.29, 1.82) is 0 Å². The Labute approximate surface area is 312 Å². The molecule has 3 aliphatic heterocycles. The lowest BCUT2D eigenvalue weighted by molar-refractivity contribution is -0.135. The molecule has 3 aliphatic rings. The van der Waals surface area contributed by atoms with E-state index in [9.17, 15) is 24.3 Å². The average molecular weight is 730 g/mol. The normalized spacial score (nSPS) is 21.7. The number of amides is 2. The third-order valence-corrected chi connectivity index (χ3v) is 11.1. The van der Waals surface area contributed by atoms with Gasteiger partial charge in [-0.15, -0.1) is 0 Å². The lowest BCUT2D eigenvalue weighted by atomic mass is 9.72. The van der Waals surface area contributed by atoms with Crippen molar-refractivity contribution < 1.29 is 33.4 Å². The van der Waals surface area contributed by atoms with E-state index in [2.05, 4.69) is 20.9 Å². The van der Waals surface area contributed by atoms with Crippen LogP contribution in [0.4, 0.5) is 5.69 Å². The van der Waals surface area contributed by atoms with Gasteiger partial charge in [0.05, 0.1) is 6.54 Å². The monoisotopic (exact) mass is 729 g/mol. The van der Waals surface area contributed by atoms with Crippen LogP contribution >= 0.6 is 0 Å². The average Bonchev–Trinajstić information content (AvgIpc) is 3.92. The lowest BCUT2D eigenvalue weighted by Crippen LogP contribution is -2.42. The van der Waals surface area contributed by atoms with Crippen LogP contribution in [0, 0.1) is 24.7 Å². The van der Waals surface area contributed by atoms with Gasteiger partial charge in [-0.2, -0.15) is 0 Å². The molecule has 278 valence electrons. The van der Waals surface area contributed by atoms with Crippen LogP contribution in [0.25, 0.3) is 10.9 Å². The maximum absolute atomic E-state index is 14.4. The minimum absolute atomic E-state index is 0.0381. The quantitative estimate of drug-likeness (QED) is 0.122. The van der Waals surface area contributed by atoms with E-state index < -0.39 is 47.3 Å². The zero-order valence-electron chi connectivity index (χ0n) is 30.8. The van der Waals surface area contributed by atoms with Gasteiger partial charge < -0.3 is 35.2 Å². The highest BCUT2D eigenvalue weighted by Gasteiger charge is 2.61. The Morgan fingerprint density at radius 1 is 1.02 bits per heavy atom. The Kier molecular flexibility index (Phi) is 8.68. The summed E-state index contributed by atoms with van der Waals surface area (Å²) in [5, 5.41) is 20.8. The number of aromatic amines is 1. The van der Waals surface area contributed by atoms with E-state index in [1.54, 1.807) is 20.0 Å². The summed E-state index contributed by atoms with van der Waals surface area (Å²) < 4.78 is 13.3. The van der Waals surface area contributed by atoms with Crippen molar-refractivity contribution in [3.8, 4) is 5.75 Å². The molecule has 2 amide bonds. The number of hydrogen-bond donors (Lipinski definition) is 5. The van der Waals surface area contributed by atoms with Crippen LogP contribution in [0.1, 0.15) is 94.9 Å². The second kappa shape index (κ2) is 13.3. The molecule has 54 heavy (non-hydrogen) atoms. The van der Waals surface area contributed by atoms with Crippen LogP contribution in [0.5, 0.6) is 5.75 Å². The first-order chi connectivity index (χ1) is 25.9. The smallest absolute Gasteiger partial charge is 0.273 e. The summed E-state index contributed by atoms with van der Waals surface area (Å²) in [4.78, 5) is 63.4. The van der Waals surface area contributed by atoms with Gasteiger partial charge in [0, 0.05) is 46.3 Å². The number of carbonyl (C=O) groups is 4. The molecule has 2 unspecified atom stereocenters. The van der Waals surface area contributed by atoms with Crippen LogP contribution in [0.3, 0.4) is 0 Å². The Morgan fingerprint density at radius 2 is 1.81 bits per heavy atom. The Hall–Kier alpha value is -5.75. The van der Waals surface area contributed by atoms with E-state index in [0.29, 0.717) is 16.9 Å². The van der Waals surface area contributed by atoms with Crippen LogP contribution in [0.2, 0.25) is 0 Å². The maximum atomic E-state index is 14.4. The van der Waals surface area contributed by atoms with Crippen molar-refractivity contribution in [2.45, 2.75) is 71.2 Å². The number of aliphatic hydroxyl groups is 1. The van der Waals surface area contributed by atoms with E-state index in [1.807, 2.05) is 81.4 Å². The minimum atomic E-state index is -1.21. The largest absolute Gasteiger partial charge is 0.469 e. The molecule has 0 aliphatic carbocycles. The number of carbonyl (C=O) groups excluding carboxylic acids is 4. The number of aryl methyl sites for hydroxylation is 1. The zero-order chi connectivity index (χ0) is 38.1. The summed E-state index contributed by atoms with van der Waals surface area (Å²) in [6, 6.07) is 18.3. The van der Waals surface area contributed by atoms with Gasteiger partial charge in [-0.25, -0.2) is 4.98 Å². The summed E-state index contributed by atoms with van der Waals surface area (Å²) in [6.45, 7) is 8.98. The van der Waals surface area contributed by atoms with E-state index >= 15 is 0 Å². The molecular formula is C42H43N5O7. The van der Waals surface area contributed by atoms with Crippen molar-refractivity contribution >= 4 is 40.0 Å². The third-order valence-electron chi connectivity index (χ3n) is 11.1. The fourth-order valence-corrected chi connectivity index (χ4v) is 8.18. The van der Waals surface area contributed by atoms with Crippen LogP contribution in [0.15, 0.2) is 71.3 Å². The molecule has 0 saturated heterocycles. The predicted molar refractivity (Wildman–Crippen MR) is 200 cm³/mol. The maximum Gasteiger partial charge on any atom is 0.273 e. The lowest BCUT2D eigenvalue weighted by Gasteiger charge is -2.28. The number of anilines is 1. The fourth-order valence-electron chi connectivity index (χ4n) is 8.18. The van der Waals surface area contributed by atoms with Gasteiger partial charge in [0.1, 0.15) is 23.3 Å². The first kappa shape index (κ1) is 35.3. The Morgan fingerprint density at radius 3 is 2.59 bits per heavy atom. The van der Waals surface area contributed by atoms with E-state index in [4.69, 9.17) is 14.1 Å². The van der Waals surface area contributed by atoms with Crippen LogP contribution in [-0.2, 0) is 21.4 Å². The van der Waals surface area contributed by atoms with Gasteiger partial charge in [0.15, 0.2) is 29.2 Å². The number of benzene rings is 3. The van der Waals surface area contributed by atoms with Crippen molar-refractivity contribution in [3.05, 3.63) is 112 Å². The number of para-hydroxylation sites is 2. The molecule has 0 saturated carbocycles. The van der Waals surface area contributed by atoms with Crippen molar-refractivity contribution in [3.63, 3.8) is 0 Å². The van der Waals surface area contributed by atoms with Gasteiger partial charge in [0.25, 0.3) is 5.91 Å². The van der Waals surface area contributed by atoms with Gasteiger partial charge in [0.2, 0.25) is 11.8 Å². The molecule has 5 atom stereocenters. The summed E-state index contributed by atoms with van der Waals surface area (Å²) in [6.07, 6.45) is -0.234. The molecule has 3 aromatic carbocycles. The molecule has 0 radical (unpaired) electrons. The summed E-state index contributed by atoms with van der Waals surface area (Å²) in [5.41, 5.74) is 4.16. The molecular weight excluding hydrogens is 686 g/mol. The number of aromatic nitrogens is 2. The number of hydrogen-bond acceptors (Lipinski definition) is 9. The number of nitrogens with one attached hydrogen (secondary N) is 4. The number of Topliss-reactive ketones (excluding diaryl/α,β-unsaturated/α-hetero) is 2. The molecule has 0 fully saturated rings. The molecule has 2 aromatic heterocycles. The highest BCUT2D eigenvalue weighted by molar-refractivity contribution is 6.10. The molecule has 1 spiro atoms. The van der Waals surface area contributed by atoms with Crippen molar-refractivity contribution in [1.82, 2.24) is 20.6 Å². The number of rotatable bonds is 9. The highest BCUT2D eigenvalue weighted by atomic mass is 16.5. The number of ether oxygens (including phenoxy) is 1. The SMILES string of the molecule is Cc1cccc2c(C(=O)CNC(=O)c3nc4oc3C35c6ccccc6N[C@H]3Oc3ccc(cc35)CC(CC(=O)[C@@H](O)C(C)C)C(=O)N[C@H]4C(C)C)c[nH]c12. The summed E-state index contributed by atoms with van der Waals surface area (Å²) in [7, 11) is 0. The number of ketones is 2. The molecule has 8 rings (SSSR count). The standard InChI is InChI=1S/C42H43N5O7/c1-20(2)33-40-47-35(39(52)44-19-31(49)26-18-43-34-22(5)9-8-10-25(26)34)37(54-40)42-27-11-6-7-12-29(27)45-41(42)53-32-14-13-23(16-28(32)42)15-24(38(51)46-33)17-30(48)36(50)21(3)4/h6-14,16,18,20-21,24,33,36,41,43,45,50H,15,17,19H2,1-5H3,(H,44,52)(H,46,51)/t24?,33-,36-,41-,42?/m0/s1. The minimum Gasteiger partial charge on any atom is -0.469 e. The predicted octanol–water partition coefficient (Wildman–Crippen LogP) is 5.52. The number of oxazole rings is 1. The molecule has 12 heteroatoms. The topological polar surface area (TPSA) is 176 Å². The number of H-pyrrole nitrogens is 1. The molecule has 5 N–H and O–H groups in total. The molecule has 12 nitrogen and oxygen atoms in total. The molecule has 4 bridgehead atoms. The summed E-state index contributed by atoms with van der Waals surface area (Å²) >= 11 is 0.